The summed E-state index contributed by atoms with van der Waals surface area (Å²) in [5.41, 5.74) is -0.416. The van der Waals surface area contributed by atoms with Crippen molar-refractivity contribution in [3.8, 4) is 0 Å². The van der Waals surface area contributed by atoms with Crippen LogP contribution in [0, 0.1) is 5.92 Å². The monoisotopic (exact) mass is 530 g/mol. The zero-order valence-electron chi connectivity index (χ0n) is 22.2. The molecule has 1 saturated heterocycles. The van der Waals surface area contributed by atoms with Gasteiger partial charge in [-0.3, -0.25) is 4.57 Å². The Morgan fingerprint density at radius 2 is 1.56 bits per heavy atom. The van der Waals surface area contributed by atoms with E-state index in [2.05, 4.69) is 82.7 Å². The fraction of sp³-hybridized carbons (Fsp3) is 0.783. The number of halogens is 2. The largest absolute Gasteiger partial charge is 0.416 e. The van der Waals surface area contributed by atoms with Crippen molar-refractivity contribution in [3.63, 3.8) is 0 Å². The summed E-state index contributed by atoms with van der Waals surface area (Å²) in [6.45, 7) is 22.0. The van der Waals surface area contributed by atoms with Crippen molar-refractivity contribution in [2.45, 2.75) is 89.6 Å². The molecule has 2 aromatic rings. The molecule has 7 nitrogen and oxygen atoms in total. The predicted molar refractivity (Wildman–Crippen MR) is 139 cm³/mol. The lowest BCUT2D eigenvalue weighted by Crippen LogP contribution is -2.66. The SMILES string of the molecule is CC(C)(C)[Si](C)(C)OC[C@@H]1[C@@H](CO[Si](C)(C)C(C)(C)C)O[C@@]1(CF)n1cnc2c(Cl)ncnc21. The molecule has 0 unspecified atom stereocenters. The summed E-state index contributed by atoms with van der Waals surface area (Å²) in [7, 11) is -4.08. The first-order chi connectivity index (χ1) is 15.5. The van der Waals surface area contributed by atoms with E-state index >= 15 is 0 Å². The number of hydrogen-bond acceptors (Lipinski definition) is 6. The smallest absolute Gasteiger partial charge is 0.192 e. The molecule has 1 aliphatic heterocycles. The summed E-state index contributed by atoms with van der Waals surface area (Å²) in [6.07, 6.45) is 2.59. The van der Waals surface area contributed by atoms with Crippen molar-refractivity contribution >= 4 is 39.4 Å². The molecule has 1 fully saturated rings. The molecule has 1 aliphatic rings. The van der Waals surface area contributed by atoms with Gasteiger partial charge in [0, 0.05) is 6.61 Å². The summed E-state index contributed by atoms with van der Waals surface area (Å²) < 4.78 is 35.9. The van der Waals surface area contributed by atoms with E-state index in [1.807, 2.05) is 0 Å². The van der Waals surface area contributed by atoms with Crippen LogP contribution >= 0.6 is 11.6 Å². The van der Waals surface area contributed by atoms with Gasteiger partial charge in [-0.2, -0.15) is 0 Å². The first-order valence-electron chi connectivity index (χ1n) is 11.8. The zero-order valence-corrected chi connectivity index (χ0v) is 25.0. The van der Waals surface area contributed by atoms with E-state index in [4.69, 9.17) is 25.2 Å². The molecule has 0 radical (unpaired) electrons. The number of aromatic nitrogens is 4. The van der Waals surface area contributed by atoms with Crippen LogP contribution in [0.25, 0.3) is 11.2 Å². The Balaban J connectivity index is 1.94. The molecule has 0 aromatic carbocycles. The van der Waals surface area contributed by atoms with Gasteiger partial charge in [0.15, 0.2) is 33.2 Å². The highest BCUT2D eigenvalue weighted by molar-refractivity contribution is 6.74. The van der Waals surface area contributed by atoms with Crippen molar-refractivity contribution in [2.24, 2.45) is 5.92 Å². The number of hydrogen-bond donors (Lipinski definition) is 0. The Morgan fingerprint density at radius 1 is 1.00 bits per heavy atom. The van der Waals surface area contributed by atoms with E-state index in [1.165, 1.54) is 12.7 Å². The maximum atomic E-state index is 14.9. The van der Waals surface area contributed by atoms with Gasteiger partial charge in [0.25, 0.3) is 0 Å². The Labute approximate surface area is 210 Å². The van der Waals surface area contributed by atoms with E-state index in [9.17, 15) is 4.39 Å². The van der Waals surface area contributed by atoms with E-state index in [-0.39, 0.29) is 27.3 Å². The molecule has 0 amide bonds. The first-order valence-corrected chi connectivity index (χ1v) is 18.0. The Morgan fingerprint density at radius 3 is 2.09 bits per heavy atom. The molecule has 0 saturated carbocycles. The third-order valence-electron chi connectivity index (χ3n) is 8.12. The molecule has 3 rings (SSSR count). The lowest BCUT2D eigenvalue weighted by molar-refractivity contribution is -0.325. The quantitative estimate of drug-likeness (QED) is 0.300. The second kappa shape index (κ2) is 9.19. The average molecular weight is 531 g/mol. The summed E-state index contributed by atoms with van der Waals surface area (Å²) in [5.74, 6) is -0.275. The molecule has 2 aromatic heterocycles. The first kappa shape index (κ1) is 27.7. The third-order valence-corrected chi connectivity index (χ3v) is 17.4. The van der Waals surface area contributed by atoms with Crippen LogP contribution in [0.4, 0.5) is 4.39 Å². The molecule has 0 aliphatic carbocycles. The van der Waals surface area contributed by atoms with Crippen molar-refractivity contribution in [3.05, 3.63) is 17.8 Å². The molecule has 11 heteroatoms. The minimum Gasteiger partial charge on any atom is -0.416 e. The second-order valence-corrected chi connectivity index (χ2v) is 22.3. The number of fused-ring (bicyclic) bond motifs is 1. The number of nitrogens with zero attached hydrogens (tertiary/aromatic N) is 4. The summed E-state index contributed by atoms with van der Waals surface area (Å²) in [6, 6.07) is 0. The molecular formula is C23H40ClFN4O3Si2. The standard InChI is InChI=1S/C23H40ClFN4O3Si2/c1-21(2,3)33(7,8)30-11-16-17(12-31-34(9,10)22(4,5)6)32-23(16,13-25)29-15-28-18-19(24)26-14-27-20(18)29/h14-17H,11-13H2,1-10H3/t16-,17-,23-/m1/s1. The van der Waals surface area contributed by atoms with Crippen LogP contribution in [-0.4, -0.2) is 62.1 Å². The molecule has 34 heavy (non-hydrogen) atoms. The normalized spacial score (nSPS) is 24.5. The second-order valence-electron chi connectivity index (χ2n) is 12.3. The van der Waals surface area contributed by atoms with Gasteiger partial charge >= 0.3 is 0 Å². The molecular weight excluding hydrogens is 491 g/mol. The molecule has 3 atom stereocenters. The molecule has 0 N–H and O–H groups in total. The number of imidazole rings is 1. The maximum Gasteiger partial charge on any atom is 0.192 e. The van der Waals surface area contributed by atoms with Gasteiger partial charge in [-0.1, -0.05) is 53.1 Å². The van der Waals surface area contributed by atoms with Crippen molar-refractivity contribution in [2.75, 3.05) is 19.9 Å². The van der Waals surface area contributed by atoms with Gasteiger partial charge in [-0.25, -0.2) is 19.3 Å². The van der Waals surface area contributed by atoms with Crippen LogP contribution in [0.2, 0.25) is 41.4 Å². The van der Waals surface area contributed by atoms with E-state index in [0.717, 1.165) is 0 Å². The Bertz CT molecular complexity index is 1020. The predicted octanol–water partition coefficient (Wildman–Crippen LogP) is 6.16. The van der Waals surface area contributed by atoms with Gasteiger partial charge in [-0.15, -0.1) is 0 Å². The maximum absolute atomic E-state index is 14.9. The number of rotatable bonds is 8. The highest BCUT2D eigenvalue weighted by Gasteiger charge is 2.59. The Kier molecular flexibility index (Phi) is 7.48. The highest BCUT2D eigenvalue weighted by Crippen LogP contribution is 2.48. The van der Waals surface area contributed by atoms with E-state index in [0.29, 0.717) is 24.4 Å². The van der Waals surface area contributed by atoms with Crippen LogP contribution in [0.1, 0.15) is 41.5 Å². The van der Waals surface area contributed by atoms with Crippen molar-refractivity contribution in [1.82, 2.24) is 19.5 Å². The van der Waals surface area contributed by atoms with Crippen LogP contribution < -0.4 is 0 Å². The lowest BCUT2D eigenvalue weighted by Gasteiger charge is -2.55. The van der Waals surface area contributed by atoms with Crippen LogP contribution in [0.15, 0.2) is 12.7 Å². The molecule has 0 bridgehead atoms. The average Bonchev–Trinajstić information content (AvgIpc) is 3.11. The third kappa shape index (κ3) is 4.86. The van der Waals surface area contributed by atoms with Crippen molar-refractivity contribution in [1.29, 1.82) is 0 Å². The minimum absolute atomic E-state index is 0.0333. The van der Waals surface area contributed by atoms with E-state index < -0.39 is 29.0 Å². The molecule has 192 valence electrons. The molecule has 3 heterocycles. The summed E-state index contributed by atoms with van der Waals surface area (Å²) >= 11 is 6.21. The van der Waals surface area contributed by atoms with Gasteiger partial charge in [-0.05, 0) is 36.3 Å². The highest BCUT2D eigenvalue weighted by atomic mass is 35.5. The summed E-state index contributed by atoms with van der Waals surface area (Å²) in [4.78, 5) is 12.7. The van der Waals surface area contributed by atoms with Crippen LogP contribution in [-0.2, 0) is 19.3 Å². The topological polar surface area (TPSA) is 71.3 Å². The van der Waals surface area contributed by atoms with Crippen LogP contribution in [0.3, 0.4) is 0 Å². The number of ether oxygens (including phenoxy) is 1. The Hall–Kier alpha value is -0.916. The zero-order chi connectivity index (χ0) is 25.7. The van der Waals surface area contributed by atoms with E-state index in [1.54, 1.807) is 4.57 Å². The molecule has 0 spiro atoms. The van der Waals surface area contributed by atoms with Gasteiger partial charge in [0.1, 0.15) is 18.5 Å². The minimum atomic E-state index is -2.07. The van der Waals surface area contributed by atoms with Crippen molar-refractivity contribution < 1.29 is 18.0 Å². The van der Waals surface area contributed by atoms with Gasteiger partial charge < -0.3 is 13.6 Å². The fourth-order valence-corrected chi connectivity index (χ4v) is 5.79. The fourth-order valence-electron chi connectivity index (χ4n) is 3.57. The number of alkyl halides is 1. The van der Waals surface area contributed by atoms with Gasteiger partial charge in [0.05, 0.1) is 25.0 Å². The lowest BCUT2D eigenvalue weighted by atomic mass is 9.84. The van der Waals surface area contributed by atoms with Crippen LogP contribution in [0.5, 0.6) is 0 Å². The summed E-state index contributed by atoms with van der Waals surface area (Å²) in [5, 5.41) is 0.324. The van der Waals surface area contributed by atoms with Gasteiger partial charge in [0.2, 0.25) is 0 Å².